The van der Waals surface area contributed by atoms with E-state index >= 15 is 0 Å². The number of rotatable bonds is 4. The van der Waals surface area contributed by atoms with E-state index in [9.17, 15) is 29.9 Å². The lowest BCUT2D eigenvalue weighted by atomic mass is 10.00. The molecule has 2 aromatic rings. The average Bonchev–Trinajstić information content (AvgIpc) is 2.48. The summed E-state index contributed by atoms with van der Waals surface area (Å²) in [5.41, 5.74) is -1.31. The van der Waals surface area contributed by atoms with Crippen LogP contribution in [-0.4, -0.2) is 32.0 Å². The van der Waals surface area contributed by atoms with Crippen LogP contribution in [0.25, 0.3) is 0 Å². The molecule has 0 saturated carbocycles. The van der Waals surface area contributed by atoms with E-state index in [0.717, 1.165) is 18.2 Å². The molecule has 0 spiro atoms. The number of aromatic carboxylic acids is 1. The Morgan fingerprint density at radius 2 is 1.59 bits per heavy atom. The van der Waals surface area contributed by atoms with Crippen molar-refractivity contribution >= 4 is 17.4 Å². The molecule has 0 aliphatic heterocycles. The van der Waals surface area contributed by atoms with E-state index in [0.29, 0.717) is 0 Å². The van der Waals surface area contributed by atoms with Crippen LogP contribution in [0.1, 0.15) is 26.3 Å². The Morgan fingerprint density at radius 3 is 2.18 bits per heavy atom. The number of nitro groups is 1. The van der Waals surface area contributed by atoms with Crippen molar-refractivity contribution in [2.75, 3.05) is 0 Å². The Labute approximate surface area is 123 Å². The summed E-state index contributed by atoms with van der Waals surface area (Å²) >= 11 is 0. The van der Waals surface area contributed by atoms with Crippen molar-refractivity contribution < 1.29 is 29.8 Å². The third-order valence-electron chi connectivity index (χ3n) is 2.91. The van der Waals surface area contributed by atoms with Crippen molar-refractivity contribution in [1.82, 2.24) is 0 Å². The molecule has 0 amide bonds. The van der Waals surface area contributed by atoms with Gasteiger partial charge in [-0.2, -0.15) is 0 Å². The summed E-state index contributed by atoms with van der Waals surface area (Å²) in [4.78, 5) is 33.1. The Balaban J connectivity index is 2.50. The lowest BCUT2D eigenvalue weighted by Crippen LogP contribution is -2.05. The molecule has 0 atom stereocenters. The van der Waals surface area contributed by atoms with Gasteiger partial charge in [0.25, 0.3) is 5.69 Å². The number of phenols is 2. The maximum Gasteiger partial charge on any atom is 0.339 e. The maximum atomic E-state index is 12.2. The fraction of sp³-hybridized carbons (Fsp3) is 0. The van der Waals surface area contributed by atoms with Gasteiger partial charge in [0.2, 0.25) is 0 Å². The van der Waals surface area contributed by atoms with Crippen LogP contribution < -0.4 is 0 Å². The number of carboxylic acids is 1. The molecule has 0 saturated heterocycles. The average molecular weight is 303 g/mol. The van der Waals surface area contributed by atoms with Crippen LogP contribution in [-0.2, 0) is 0 Å². The zero-order valence-electron chi connectivity index (χ0n) is 10.9. The number of ketones is 1. The number of benzene rings is 2. The van der Waals surface area contributed by atoms with E-state index in [1.54, 1.807) is 0 Å². The van der Waals surface area contributed by atoms with Crippen LogP contribution >= 0.6 is 0 Å². The number of nitro benzene ring substituents is 1. The largest absolute Gasteiger partial charge is 0.507 e. The van der Waals surface area contributed by atoms with Crippen LogP contribution in [0.3, 0.4) is 0 Å². The number of carbonyl (C=O) groups excluding carboxylic acids is 1. The van der Waals surface area contributed by atoms with Crippen molar-refractivity contribution in [2.45, 2.75) is 0 Å². The highest BCUT2D eigenvalue weighted by molar-refractivity contribution is 6.11. The van der Waals surface area contributed by atoms with Gasteiger partial charge in [0.05, 0.1) is 10.5 Å². The number of hydrogen-bond acceptors (Lipinski definition) is 6. The summed E-state index contributed by atoms with van der Waals surface area (Å²) in [5.74, 6) is -3.60. The summed E-state index contributed by atoms with van der Waals surface area (Å²) < 4.78 is 0. The second-order valence-corrected chi connectivity index (χ2v) is 4.33. The quantitative estimate of drug-likeness (QED) is 0.339. The minimum atomic E-state index is -1.47. The Kier molecular flexibility index (Phi) is 3.76. The minimum Gasteiger partial charge on any atom is -0.507 e. The monoisotopic (exact) mass is 303 g/mol. The molecule has 8 nitrogen and oxygen atoms in total. The molecule has 2 rings (SSSR count). The summed E-state index contributed by atoms with van der Waals surface area (Å²) in [5, 5.41) is 38.8. The first kappa shape index (κ1) is 15.0. The van der Waals surface area contributed by atoms with Crippen molar-refractivity contribution in [3.05, 3.63) is 63.2 Å². The Bertz CT molecular complexity index is 798. The summed E-state index contributed by atoms with van der Waals surface area (Å²) in [6.07, 6.45) is 0. The number of phenolic OH excluding ortho intramolecular Hbond substituents is 1. The molecule has 8 heteroatoms. The first-order valence-corrected chi connectivity index (χ1v) is 5.89. The van der Waals surface area contributed by atoms with Crippen molar-refractivity contribution in [2.24, 2.45) is 0 Å². The van der Waals surface area contributed by atoms with Gasteiger partial charge in [-0.05, 0) is 12.1 Å². The predicted octanol–water partition coefficient (Wildman–Crippen LogP) is 1.94. The molecule has 0 fully saturated rings. The maximum absolute atomic E-state index is 12.2. The molecular formula is C14H9NO7. The van der Waals surface area contributed by atoms with Gasteiger partial charge in [-0.3, -0.25) is 14.9 Å². The van der Waals surface area contributed by atoms with Crippen LogP contribution in [0.5, 0.6) is 11.5 Å². The van der Waals surface area contributed by atoms with Gasteiger partial charge in [0.1, 0.15) is 17.1 Å². The van der Waals surface area contributed by atoms with E-state index in [1.165, 1.54) is 18.2 Å². The smallest absolute Gasteiger partial charge is 0.339 e. The molecule has 0 radical (unpaired) electrons. The van der Waals surface area contributed by atoms with Gasteiger partial charge >= 0.3 is 5.97 Å². The van der Waals surface area contributed by atoms with Crippen molar-refractivity contribution in [3.63, 3.8) is 0 Å². The first-order valence-electron chi connectivity index (χ1n) is 5.89. The molecule has 0 unspecified atom stereocenters. The van der Waals surface area contributed by atoms with Crippen LogP contribution in [0.4, 0.5) is 5.69 Å². The third kappa shape index (κ3) is 2.70. The second kappa shape index (κ2) is 5.52. The van der Waals surface area contributed by atoms with E-state index in [2.05, 4.69) is 0 Å². The lowest BCUT2D eigenvalue weighted by Gasteiger charge is -2.07. The fourth-order valence-corrected chi connectivity index (χ4v) is 1.85. The zero-order valence-corrected chi connectivity index (χ0v) is 10.9. The minimum absolute atomic E-state index is 0.0769. The molecule has 112 valence electrons. The van der Waals surface area contributed by atoms with Gasteiger partial charge in [-0.15, -0.1) is 0 Å². The van der Waals surface area contributed by atoms with Crippen molar-refractivity contribution in [1.29, 1.82) is 0 Å². The van der Waals surface area contributed by atoms with E-state index < -0.39 is 33.7 Å². The molecule has 3 N–H and O–H groups in total. The highest BCUT2D eigenvalue weighted by Gasteiger charge is 2.20. The number of aromatic hydroxyl groups is 2. The van der Waals surface area contributed by atoms with Crippen LogP contribution in [0.15, 0.2) is 36.4 Å². The molecule has 0 aliphatic rings. The Hall–Kier alpha value is -3.42. The zero-order chi connectivity index (χ0) is 16.4. The molecule has 2 aromatic carbocycles. The molecular weight excluding hydrogens is 294 g/mol. The highest BCUT2D eigenvalue weighted by atomic mass is 16.6. The van der Waals surface area contributed by atoms with Gasteiger partial charge in [0, 0.05) is 17.7 Å². The number of non-ortho nitro benzene ring substituents is 1. The third-order valence-corrected chi connectivity index (χ3v) is 2.91. The van der Waals surface area contributed by atoms with Gasteiger partial charge < -0.3 is 15.3 Å². The molecule has 22 heavy (non-hydrogen) atoms. The summed E-state index contributed by atoms with van der Waals surface area (Å²) in [6, 6.07) is 6.36. The summed E-state index contributed by atoms with van der Waals surface area (Å²) in [7, 11) is 0. The number of carboxylic acid groups (broad SMARTS) is 1. The van der Waals surface area contributed by atoms with Gasteiger partial charge in [0.15, 0.2) is 5.78 Å². The number of hydrogen-bond donors (Lipinski definition) is 3. The normalized spacial score (nSPS) is 10.2. The molecule has 0 heterocycles. The predicted molar refractivity (Wildman–Crippen MR) is 73.3 cm³/mol. The second-order valence-electron chi connectivity index (χ2n) is 4.33. The number of carbonyl (C=O) groups is 2. The molecule has 0 aromatic heterocycles. The molecule has 0 bridgehead atoms. The van der Waals surface area contributed by atoms with E-state index in [4.69, 9.17) is 5.11 Å². The van der Waals surface area contributed by atoms with Gasteiger partial charge in [-0.25, -0.2) is 4.79 Å². The van der Waals surface area contributed by atoms with E-state index in [1.807, 2.05) is 0 Å². The Morgan fingerprint density at radius 1 is 1.00 bits per heavy atom. The van der Waals surface area contributed by atoms with E-state index in [-0.39, 0.29) is 16.8 Å². The lowest BCUT2D eigenvalue weighted by molar-refractivity contribution is -0.384. The highest BCUT2D eigenvalue weighted by Crippen LogP contribution is 2.29. The standard InChI is InChI=1S/C14H9NO7/c16-11-6-10(14(19)20)12(17)5-9(11)13(18)7-2-1-3-8(4-7)15(21)22/h1-6,16-17H,(H,19,20). The SMILES string of the molecule is O=C(O)c1cc(O)c(C(=O)c2cccc([N+](=O)[O-])c2)cc1O. The van der Waals surface area contributed by atoms with Crippen LogP contribution in [0.2, 0.25) is 0 Å². The molecule has 0 aliphatic carbocycles. The summed E-state index contributed by atoms with van der Waals surface area (Å²) in [6.45, 7) is 0. The topological polar surface area (TPSA) is 138 Å². The van der Waals surface area contributed by atoms with Crippen molar-refractivity contribution in [3.8, 4) is 11.5 Å². The fourth-order valence-electron chi connectivity index (χ4n) is 1.85. The number of nitrogens with zero attached hydrogens (tertiary/aromatic N) is 1. The van der Waals surface area contributed by atoms with Crippen LogP contribution in [0, 0.1) is 10.1 Å². The van der Waals surface area contributed by atoms with Gasteiger partial charge in [-0.1, -0.05) is 12.1 Å². The first-order chi connectivity index (χ1) is 10.3.